The predicted molar refractivity (Wildman–Crippen MR) is 145 cm³/mol. The van der Waals surface area contributed by atoms with Gasteiger partial charge in [0, 0.05) is 36.8 Å². The molecule has 1 fully saturated rings. The zero-order chi connectivity index (χ0) is 27.7. The van der Waals surface area contributed by atoms with Crippen LogP contribution >= 0.6 is 0 Å². The van der Waals surface area contributed by atoms with E-state index in [1.807, 2.05) is 29.2 Å². The van der Waals surface area contributed by atoms with Crippen LogP contribution in [-0.4, -0.2) is 65.4 Å². The summed E-state index contributed by atoms with van der Waals surface area (Å²) in [4.78, 5) is 53.7. The Morgan fingerprint density at radius 2 is 1.72 bits per heavy atom. The van der Waals surface area contributed by atoms with Crippen LogP contribution in [0.1, 0.15) is 42.0 Å². The lowest BCUT2D eigenvalue weighted by atomic mass is 9.98. The molecule has 10 nitrogen and oxygen atoms in total. The van der Waals surface area contributed by atoms with Crippen LogP contribution in [-0.2, 0) is 14.3 Å². The van der Waals surface area contributed by atoms with Gasteiger partial charge in [0.05, 0.1) is 13.2 Å². The van der Waals surface area contributed by atoms with E-state index < -0.39 is 29.4 Å². The van der Waals surface area contributed by atoms with Crippen LogP contribution in [0.2, 0.25) is 0 Å². The number of ether oxygens (including phenoxy) is 2. The molecule has 1 aliphatic carbocycles. The van der Waals surface area contributed by atoms with Gasteiger partial charge in [0.1, 0.15) is 12.6 Å². The summed E-state index contributed by atoms with van der Waals surface area (Å²) in [6.45, 7) is 4.15. The van der Waals surface area contributed by atoms with Gasteiger partial charge in [-0.15, -0.1) is 0 Å². The lowest BCUT2D eigenvalue weighted by Gasteiger charge is -2.28. The first-order valence-electron chi connectivity index (χ1n) is 13.0. The Hall–Kier alpha value is -4.18. The van der Waals surface area contributed by atoms with Crippen molar-refractivity contribution in [2.24, 2.45) is 0 Å². The highest BCUT2D eigenvalue weighted by Crippen LogP contribution is 2.44. The van der Waals surface area contributed by atoms with E-state index in [1.165, 1.54) is 17.9 Å². The number of hydrogen-bond donors (Lipinski definition) is 2. The number of alkyl carbamates (subject to hydrolysis) is 1. The summed E-state index contributed by atoms with van der Waals surface area (Å²) in [6, 6.07) is 15.1. The third kappa shape index (κ3) is 5.12. The number of carbonyl (C=O) groups is 2. The first-order valence-corrected chi connectivity index (χ1v) is 13.0. The minimum absolute atomic E-state index is 0.0507. The molecule has 0 radical (unpaired) electrons. The number of H-pyrrole nitrogens is 1. The molecule has 0 bridgehead atoms. The van der Waals surface area contributed by atoms with Crippen LogP contribution in [0, 0.1) is 6.92 Å². The van der Waals surface area contributed by atoms with Crippen molar-refractivity contribution in [3.63, 3.8) is 0 Å². The van der Waals surface area contributed by atoms with E-state index in [9.17, 15) is 19.2 Å². The van der Waals surface area contributed by atoms with Crippen LogP contribution < -0.4 is 16.6 Å². The van der Waals surface area contributed by atoms with Crippen molar-refractivity contribution < 1.29 is 19.1 Å². The summed E-state index contributed by atoms with van der Waals surface area (Å²) < 4.78 is 12.1. The fourth-order valence-electron chi connectivity index (χ4n) is 5.81. The van der Waals surface area contributed by atoms with Crippen molar-refractivity contribution in [3.05, 3.63) is 92.3 Å². The van der Waals surface area contributed by atoms with Crippen molar-refractivity contribution in [2.75, 3.05) is 26.8 Å². The van der Waals surface area contributed by atoms with Crippen LogP contribution in [0.5, 0.6) is 0 Å². The number of amides is 1. The molecule has 0 spiro atoms. The van der Waals surface area contributed by atoms with Gasteiger partial charge in [0.15, 0.2) is 0 Å². The molecule has 10 heteroatoms. The number of benzene rings is 2. The number of aryl methyl sites for hydroxylation is 1. The number of esters is 1. The summed E-state index contributed by atoms with van der Waals surface area (Å²) in [5, 5.41) is 2.85. The van der Waals surface area contributed by atoms with Crippen LogP contribution in [0.15, 0.2) is 64.3 Å². The molecule has 1 aliphatic heterocycles. The van der Waals surface area contributed by atoms with E-state index >= 15 is 0 Å². The molecule has 1 saturated heterocycles. The Balaban J connectivity index is 1.26. The number of rotatable bonds is 7. The molecule has 39 heavy (non-hydrogen) atoms. The summed E-state index contributed by atoms with van der Waals surface area (Å²) in [7, 11) is 1.33. The molecule has 1 amide bonds. The fraction of sp³-hybridized carbons (Fsp3) is 0.379. The summed E-state index contributed by atoms with van der Waals surface area (Å²) in [5.74, 6) is -0.461. The Morgan fingerprint density at radius 3 is 2.36 bits per heavy atom. The third-order valence-electron chi connectivity index (χ3n) is 7.84. The van der Waals surface area contributed by atoms with Crippen LogP contribution in [0.3, 0.4) is 0 Å². The molecule has 1 aromatic heterocycles. The van der Waals surface area contributed by atoms with Gasteiger partial charge in [-0.25, -0.2) is 9.59 Å². The molecule has 0 saturated carbocycles. The monoisotopic (exact) mass is 532 g/mol. The van der Waals surface area contributed by atoms with E-state index in [0.29, 0.717) is 18.5 Å². The Labute approximate surface area is 225 Å². The number of fused-ring (bicyclic) bond motifs is 3. The molecule has 0 unspecified atom stereocenters. The van der Waals surface area contributed by atoms with Crippen molar-refractivity contribution in [3.8, 4) is 11.1 Å². The Bertz CT molecular complexity index is 1470. The van der Waals surface area contributed by atoms with E-state index in [-0.39, 0.29) is 31.2 Å². The van der Waals surface area contributed by atoms with Gasteiger partial charge < -0.3 is 14.8 Å². The van der Waals surface area contributed by atoms with Gasteiger partial charge in [-0.2, -0.15) is 0 Å². The van der Waals surface area contributed by atoms with E-state index in [2.05, 4.69) is 34.6 Å². The molecule has 2 N–H and O–H groups in total. The maximum absolute atomic E-state index is 12.8. The van der Waals surface area contributed by atoms with Gasteiger partial charge in [0.25, 0.3) is 5.56 Å². The number of nitrogens with one attached hydrogen (secondary N) is 2. The number of aromatic nitrogens is 2. The molecule has 2 aromatic carbocycles. The lowest BCUT2D eigenvalue weighted by molar-refractivity contribution is -0.146. The van der Waals surface area contributed by atoms with Crippen molar-refractivity contribution >= 4 is 12.1 Å². The van der Waals surface area contributed by atoms with E-state index in [1.54, 1.807) is 13.8 Å². The lowest BCUT2D eigenvalue weighted by Crippen LogP contribution is -2.47. The zero-order valence-electron chi connectivity index (χ0n) is 22.2. The van der Waals surface area contributed by atoms with Gasteiger partial charge in [0.2, 0.25) is 0 Å². The highest BCUT2D eigenvalue weighted by Gasteiger charge is 2.39. The van der Waals surface area contributed by atoms with Crippen LogP contribution in [0.4, 0.5) is 4.79 Å². The second-order valence-corrected chi connectivity index (χ2v) is 10.1. The van der Waals surface area contributed by atoms with Crippen molar-refractivity contribution in [1.29, 1.82) is 0 Å². The number of carbonyl (C=O) groups excluding carboxylic acids is 2. The summed E-state index contributed by atoms with van der Waals surface area (Å²) >= 11 is 0. The van der Waals surface area contributed by atoms with E-state index in [4.69, 9.17) is 9.47 Å². The minimum Gasteiger partial charge on any atom is -0.468 e. The van der Waals surface area contributed by atoms with Gasteiger partial charge in [-0.3, -0.25) is 24.0 Å². The number of hydrogen-bond acceptors (Lipinski definition) is 7. The zero-order valence-corrected chi connectivity index (χ0v) is 22.2. The fourth-order valence-corrected chi connectivity index (χ4v) is 5.81. The second kappa shape index (κ2) is 10.9. The summed E-state index contributed by atoms with van der Waals surface area (Å²) in [5.41, 5.74) is 4.05. The molecule has 3 aromatic rings. The third-order valence-corrected chi connectivity index (χ3v) is 7.84. The maximum atomic E-state index is 12.8. The maximum Gasteiger partial charge on any atom is 0.407 e. The standard InChI is InChI=1S/C29H32N4O6/c1-17-14-33(28(36)31-26(17)34)20-12-19(32(15-20)18(2)27(35)38-3)13-30-29(37)39-16-25-23-10-6-4-8-21(23)22-9-5-7-11-24(22)25/h4-11,14,18-20,25H,12-13,15-16H2,1-3H3,(H,30,37)(H,31,34,36)/t18-,19+,20+/m0/s1. The predicted octanol–water partition coefficient (Wildman–Crippen LogP) is 2.56. The Morgan fingerprint density at radius 1 is 1.08 bits per heavy atom. The number of methoxy groups -OCH3 is 1. The topological polar surface area (TPSA) is 123 Å². The smallest absolute Gasteiger partial charge is 0.407 e. The van der Waals surface area contributed by atoms with E-state index in [0.717, 1.165) is 22.3 Å². The molecule has 204 valence electrons. The molecular formula is C29H32N4O6. The number of aromatic amines is 1. The summed E-state index contributed by atoms with van der Waals surface area (Å²) in [6.07, 6.45) is 1.47. The first kappa shape index (κ1) is 26.4. The average molecular weight is 533 g/mol. The largest absolute Gasteiger partial charge is 0.468 e. The molecular weight excluding hydrogens is 500 g/mol. The van der Waals surface area contributed by atoms with Crippen molar-refractivity contribution in [1.82, 2.24) is 19.8 Å². The molecule has 3 atom stereocenters. The highest BCUT2D eigenvalue weighted by molar-refractivity contribution is 5.79. The number of likely N-dealkylation sites (tertiary alicyclic amines) is 1. The van der Waals surface area contributed by atoms with Gasteiger partial charge in [-0.1, -0.05) is 48.5 Å². The second-order valence-electron chi connectivity index (χ2n) is 10.1. The Kier molecular flexibility index (Phi) is 7.38. The molecule has 5 rings (SSSR count). The van der Waals surface area contributed by atoms with Gasteiger partial charge >= 0.3 is 17.8 Å². The van der Waals surface area contributed by atoms with Gasteiger partial charge in [-0.05, 0) is 42.5 Å². The van der Waals surface area contributed by atoms with Crippen molar-refractivity contribution in [2.45, 2.75) is 44.3 Å². The SMILES string of the molecule is COC(=O)[C@H](C)N1C[C@H](n2cc(C)c(=O)[nH]c2=O)C[C@@H]1CNC(=O)OCC1c2ccccc2-c2ccccc21. The number of nitrogens with zero attached hydrogens (tertiary/aromatic N) is 2. The quantitative estimate of drug-likeness (QED) is 0.449. The molecule has 2 aliphatic rings. The van der Waals surface area contributed by atoms with Crippen LogP contribution in [0.25, 0.3) is 11.1 Å². The minimum atomic E-state index is -0.589. The average Bonchev–Trinajstić information content (AvgIpc) is 3.51. The highest BCUT2D eigenvalue weighted by atomic mass is 16.5. The normalized spacial score (nSPS) is 19.3. The molecule has 2 heterocycles. The first-order chi connectivity index (χ1) is 18.8.